The van der Waals surface area contributed by atoms with E-state index < -0.39 is 0 Å². The molecule has 1 saturated heterocycles. The number of aliphatic hydroxyl groups excluding tert-OH is 1. The molecule has 19 heavy (non-hydrogen) atoms. The highest BCUT2D eigenvalue weighted by Gasteiger charge is 2.24. The lowest BCUT2D eigenvalue weighted by Crippen LogP contribution is -2.40. The average molecular weight is 269 g/mol. The van der Waals surface area contributed by atoms with Crippen LogP contribution in [0.15, 0.2) is 0 Å². The summed E-state index contributed by atoms with van der Waals surface area (Å²) in [7, 11) is 0. The van der Waals surface area contributed by atoms with Gasteiger partial charge in [-0.15, -0.1) is 0 Å². The summed E-state index contributed by atoms with van der Waals surface area (Å²) in [6.07, 6.45) is 7.81. The van der Waals surface area contributed by atoms with Gasteiger partial charge in [-0.05, 0) is 38.3 Å². The summed E-state index contributed by atoms with van der Waals surface area (Å²) in [6.45, 7) is 6.88. The lowest BCUT2D eigenvalue weighted by atomic mass is 9.95. The van der Waals surface area contributed by atoms with E-state index in [4.69, 9.17) is 10.8 Å². The highest BCUT2D eigenvalue weighted by atomic mass is 16.3. The Hall–Kier alpha value is -0.160. The molecule has 2 rings (SSSR count). The number of nitrogens with zero attached hydrogens (tertiary/aromatic N) is 2. The molecule has 2 fully saturated rings. The maximum atomic E-state index is 9.03. The molecular formula is C15H31N3O. The van der Waals surface area contributed by atoms with Crippen LogP contribution in [0.3, 0.4) is 0 Å². The number of nitrogens with two attached hydrogens (primary N) is 1. The van der Waals surface area contributed by atoms with Crippen molar-refractivity contribution in [2.24, 2.45) is 11.7 Å². The average Bonchev–Trinajstić information content (AvgIpc) is 2.73. The van der Waals surface area contributed by atoms with Gasteiger partial charge in [-0.3, -0.25) is 4.90 Å². The minimum atomic E-state index is 0.285. The maximum absolute atomic E-state index is 9.03. The predicted molar refractivity (Wildman–Crippen MR) is 79.1 cm³/mol. The molecule has 1 aliphatic carbocycles. The number of hydrogen-bond donors (Lipinski definition) is 2. The van der Waals surface area contributed by atoms with Gasteiger partial charge in [0.25, 0.3) is 0 Å². The van der Waals surface area contributed by atoms with Crippen LogP contribution >= 0.6 is 0 Å². The van der Waals surface area contributed by atoms with E-state index in [-0.39, 0.29) is 6.61 Å². The third-order valence-electron chi connectivity index (χ3n) is 4.81. The van der Waals surface area contributed by atoms with Crippen LogP contribution in [-0.4, -0.2) is 66.8 Å². The van der Waals surface area contributed by atoms with Crippen LogP contribution < -0.4 is 5.73 Å². The van der Waals surface area contributed by atoms with Crippen LogP contribution in [0.25, 0.3) is 0 Å². The van der Waals surface area contributed by atoms with E-state index in [0.717, 1.165) is 26.2 Å². The van der Waals surface area contributed by atoms with Crippen molar-refractivity contribution in [3.8, 4) is 0 Å². The molecule has 0 amide bonds. The first kappa shape index (κ1) is 15.2. The van der Waals surface area contributed by atoms with E-state index in [1.807, 2.05) is 0 Å². The molecule has 2 atom stereocenters. The Labute approximate surface area is 117 Å². The minimum Gasteiger partial charge on any atom is -0.395 e. The molecule has 2 aliphatic rings. The van der Waals surface area contributed by atoms with Gasteiger partial charge in [0.15, 0.2) is 0 Å². The van der Waals surface area contributed by atoms with E-state index in [1.54, 1.807) is 0 Å². The lowest BCUT2D eigenvalue weighted by Gasteiger charge is -2.29. The molecule has 112 valence electrons. The van der Waals surface area contributed by atoms with Crippen molar-refractivity contribution in [1.82, 2.24) is 9.80 Å². The summed E-state index contributed by atoms with van der Waals surface area (Å²) < 4.78 is 0. The topological polar surface area (TPSA) is 52.7 Å². The molecule has 4 heteroatoms. The minimum absolute atomic E-state index is 0.285. The highest BCUT2D eigenvalue weighted by Crippen LogP contribution is 2.23. The molecule has 1 heterocycles. The van der Waals surface area contributed by atoms with Crippen LogP contribution in [0.2, 0.25) is 0 Å². The Morgan fingerprint density at radius 3 is 2.47 bits per heavy atom. The van der Waals surface area contributed by atoms with Crippen molar-refractivity contribution in [3.63, 3.8) is 0 Å². The molecule has 3 N–H and O–H groups in total. The molecule has 1 aliphatic heterocycles. The van der Waals surface area contributed by atoms with Crippen LogP contribution in [0.4, 0.5) is 0 Å². The van der Waals surface area contributed by atoms with Gasteiger partial charge in [0.05, 0.1) is 6.61 Å². The van der Waals surface area contributed by atoms with E-state index in [9.17, 15) is 0 Å². The smallest absolute Gasteiger partial charge is 0.0558 e. The van der Waals surface area contributed by atoms with E-state index in [2.05, 4.69) is 9.80 Å². The first-order chi connectivity index (χ1) is 9.29. The zero-order valence-corrected chi connectivity index (χ0v) is 12.3. The molecule has 0 bridgehead atoms. The van der Waals surface area contributed by atoms with Crippen molar-refractivity contribution < 1.29 is 5.11 Å². The highest BCUT2D eigenvalue weighted by molar-refractivity contribution is 4.80. The summed E-state index contributed by atoms with van der Waals surface area (Å²) in [6, 6.07) is 0.416. The number of hydrogen-bond acceptors (Lipinski definition) is 4. The second-order valence-corrected chi connectivity index (χ2v) is 6.28. The predicted octanol–water partition coefficient (Wildman–Crippen LogP) is 0.894. The summed E-state index contributed by atoms with van der Waals surface area (Å²) in [5.41, 5.74) is 6.34. The Morgan fingerprint density at radius 1 is 0.895 bits per heavy atom. The van der Waals surface area contributed by atoms with Crippen LogP contribution in [-0.2, 0) is 0 Å². The van der Waals surface area contributed by atoms with Gasteiger partial charge in [0, 0.05) is 32.2 Å². The molecule has 0 aromatic rings. The molecule has 0 radical (unpaired) electrons. The largest absolute Gasteiger partial charge is 0.395 e. The third-order valence-corrected chi connectivity index (χ3v) is 4.81. The first-order valence-electron chi connectivity index (χ1n) is 8.11. The lowest BCUT2D eigenvalue weighted by molar-refractivity contribution is 0.186. The van der Waals surface area contributed by atoms with Crippen molar-refractivity contribution in [2.75, 3.05) is 45.9 Å². The Morgan fingerprint density at radius 2 is 1.63 bits per heavy atom. The van der Waals surface area contributed by atoms with Crippen molar-refractivity contribution in [3.05, 3.63) is 0 Å². The Kier molecular flexibility index (Phi) is 6.57. The monoisotopic (exact) mass is 269 g/mol. The van der Waals surface area contributed by atoms with E-state index in [0.29, 0.717) is 12.0 Å². The number of β-amino-alcohol motifs (C(OH)–C–C–N with tert-alkyl or cyclic N) is 1. The first-order valence-corrected chi connectivity index (χ1v) is 8.11. The van der Waals surface area contributed by atoms with Crippen LogP contribution in [0.1, 0.15) is 38.5 Å². The van der Waals surface area contributed by atoms with Crippen molar-refractivity contribution in [2.45, 2.75) is 44.6 Å². The zero-order valence-electron chi connectivity index (χ0n) is 12.3. The standard InChI is InChI=1S/C15H31N3O/c16-15-6-3-1-2-5-14(15)13-18-8-4-7-17(9-10-18)11-12-19/h14-15,19H,1-13,16H2. The van der Waals surface area contributed by atoms with Crippen LogP contribution in [0.5, 0.6) is 0 Å². The van der Waals surface area contributed by atoms with Crippen LogP contribution in [0, 0.1) is 5.92 Å². The third kappa shape index (κ3) is 5.03. The number of rotatable bonds is 4. The normalized spacial score (nSPS) is 31.9. The fraction of sp³-hybridized carbons (Fsp3) is 1.00. The van der Waals surface area contributed by atoms with Crippen molar-refractivity contribution >= 4 is 0 Å². The molecule has 1 saturated carbocycles. The van der Waals surface area contributed by atoms with Gasteiger partial charge < -0.3 is 15.7 Å². The Balaban J connectivity index is 1.78. The summed E-state index contributed by atoms with van der Waals surface area (Å²) in [4.78, 5) is 4.99. The number of aliphatic hydroxyl groups is 1. The van der Waals surface area contributed by atoms with Gasteiger partial charge in [-0.2, -0.15) is 0 Å². The Bertz CT molecular complexity index is 250. The fourth-order valence-electron chi connectivity index (χ4n) is 3.54. The van der Waals surface area contributed by atoms with Gasteiger partial charge in [0.1, 0.15) is 0 Å². The molecule has 4 nitrogen and oxygen atoms in total. The van der Waals surface area contributed by atoms with Gasteiger partial charge in [-0.25, -0.2) is 0 Å². The molecular weight excluding hydrogens is 238 g/mol. The second-order valence-electron chi connectivity index (χ2n) is 6.28. The van der Waals surface area contributed by atoms with Gasteiger partial charge in [0.2, 0.25) is 0 Å². The summed E-state index contributed by atoms with van der Waals surface area (Å²) in [5, 5.41) is 9.03. The summed E-state index contributed by atoms with van der Waals surface area (Å²) >= 11 is 0. The van der Waals surface area contributed by atoms with E-state index in [1.165, 1.54) is 51.6 Å². The fourth-order valence-corrected chi connectivity index (χ4v) is 3.54. The summed E-state index contributed by atoms with van der Waals surface area (Å²) in [5.74, 6) is 0.701. The maximum Gasteiger partial charge on any atom is 0.0558 e. The molecule has 0 spiro atoms. The molecule has 2 unspecified atom stereocenters. The van der Waals surface area contributed by atoms with Crippen molar-refractivity contribution in [1.29, 1.82) is 0 Å². The van der Waals surface area contributed by atoms with E-state index >= 15 is 0 Å². The SMILES string of the molecule is NC1CCCCCC1CN1CCCN(CCO)CC1. The van der Waals surface area contributed by atoms with Gasteiger partial charge in [-0.1, -0.05) is 19.3 Å². The van der Waals surface area contributed by atoms with Gasteiger partial charge >= 0.3 is 0 Å². The zero-order chi connectivity index (χ0) is 13.5. The molecule has 0 aromatic heterocycles. The second kappa shape index (κ2) is 8.20. The quantitative estimate of drug-likeness (QED) is 0.745. The molecule has 0 aromatic carbocycles.